The van der Waals surface area contributed by atoms with E-state index in [9.17, 15) is 0 Å². The van der Waals surface area contributed by atoms with Gasteiger partial charge in [-0.2, -0.15) is 0 Å². The van der Waals surface area contributed by atoms with Crippen LogP contribution in [0.5, 0.6) is 0 Å². The van der Waals surface area contributed by atoms with Crippen LogP contribution in [0.3, 0.4) is 0 Å². The molecular formula is C5H11NO. The molecule has 2 nitrogen and oxygen atoms in total. The van der Waals surface area contributed by atoms with Gasteiger partial charge in [0.25, 0.3) is 0 Å². The Bertz CT molecular complexity index is 72.5. The van der Waals surface area contributed by atoms with Gasteiger partial charge in [-0.15, -0.1) is 0 Å². The molecule has 1 fully saturated rings. The molecule has 0 saturated heterocycles. The van der Waals surface area contributed by atoms with Crippen molar-refractivity contribution >= 4 is 0 Å². The van der Waals surface area contributed by atoms with E-state index in [1.807, 2.05) is 19.0 Å². The fourth-order valence-electron chi connectivity index (χ4n) is 0.724. The van der Waals surface area contributed by atoms with E-state index in [4.69, 9.17) is 5.11 Å². The van der Waals surface area contributed by atoms with Crippen LogP contribution in [0.1, 0.15) is 6.42 Å². The first kappa shape index (κ1) is 5.06. The number of rotatable bonds is 1. The molecule has 1 aliphatic carbocycles. The molecule has 0 radical (unpaired) electrons. The summed E-state index contributed by atoms with van der Waals surface area (Å²) in [6, 6.07) is 0.458. The summed E-state index contributed by atoms with van der Waals surface area (Å²) < 4.78 is 0. The lowest BCUT2D eigenvalue weighted by atomic mass is 10.6. The summed E-state index contributed by atoms with van der Waals surface area (Å²) >= 11 is 0. The number of likely N-dealkylation sites (N-methyl/N-ethyl adjacent to an activating group) is 1. The number of hydrogen-bond acceptors (Lipinski definition) is 2. The van der Waals surface area contributed by atoms with E-state index in [1.165, 1.54) is 0 Å². The first-order chi connectivity index (χ1) is 3.22. The van der Waals surface area contributed by atoms with E-state index in [0.29, 0.717) is 6.04 Å². The van der Waals surface area contributed by atoms with Crippen LogP contribution in [0.25, 0.3) is 0 Å². The monoisotopic (exact) mass is 101 g/mol. The van der Waals surface area contributed by atoms with E-state index < -0.39 is 0 Å². The van der Waals surface area contributed by atoms with Crippen molar-refractivity contribution < 1.29 is 5.11 Å². The molecule has 0 spiro atoms. The quantitative estimate of drug-likeness (QED) is 0.489. The lowest BCUT2D eigenvalue weighted by molar-refractivity contribution is 0.231. The standard InChI is InChI=1S/C5H11NO/c1-6(2)4-3-5(4)7/h4-5,7H,3H2,1-2H3/t4-,5-/m0/s1. The van der Waals surface area contributed by atoms with E-state index in [2.05, 4.69) is 0 Å². The summed E-state index contributed by atoms with van der Waals surface area (Å²) in [5.74, 6) is 0. The smallest absolute Gasteiger partial charge is 0.0712 e. The first-order valence-corrected chi connectivity index (χ1v) is 2.56. The minimum absolute atomic E-state index is 0.0324. The lowest BCUT2D eigenvalue weighted by Gasteiger charge is -2.04. The summed E-state index contributed by atoms with van der Waals surface area (Å²) in [5.41, 5.74) is 0. The minimum Gasteiger partial charge on any atom is -0.391 e. The third-order valence-corrected chi connectivity index (χ3v) is 1.39. The van der Waals surface area contributed by atoms with Gasteiger partial charge < -0.3 is 10.0 Å². The molecule has 0 unspecified atom stereocenters. The minimum atomic E-state index is -0.0324. The third-order valence-electron chi connectivity index (χ3n) is 1.39. The molecule has 0 heterocycles. The lowest BCUT2D eigenvalue weighted by Crippen LogP contribution is -2.17. The topological polar surface area (TPSA) is 23.5 Å². The highest BCUT2D eigenvalue weighted by Crippen LogP contribution is 2.24. The van der Waals surface area contributed by atoms with Gasteiger partial charge in [0, 0.05) is 6.04 Å². The van der Waals surface area contributed by atoms with Gasteiger partial charge in [0.15, 0.2) is 0 Å². The average Bonchev–Trinajstić information content (AvgIpc) is 2.17. The molecule has 0 bridgehead atoms. The molecule has 42 valence electrons. The van der Waals surface area contributed by atoms with Gasteiger partial charge in [0.05, 0.1) is 6.10 Å². The number of aliphatic hydroxyl groups is 1. The Balaban J connectivity index is 2.20. The van der Waals surface area contributed by atoms with E-state index in [-0.39, 0.29) is 6.10 Å². The largest absolute Gasteiger partial charge is 0.391 e. The molecule has 0 aliphatic heterocycles. The highest BCUT2D eigenvalue weighted by atomic mass is 16.3. The second-order valence-corrected chi connectivity index (χ2v) is 2.33. The Kier molecular flexibility index (Phi) is 1.05. The maximum absolute atomic E-state index is 8.76. The molecule has 0 aromatic carbocycles. The maximum atomic E-state index is 8.76. The molecule has 0 amide bonds. The van der Waals surface area contributed by atoms with Gasteiger partial charge >= 0.3 is 0 Å². The van der Waals surface area contributed by atoms with Crippen molar-refractivity contribution in [3.05, 3.63) is 0 Å². The molecule has 0 aromatic heterocycles. The average molecular weight is 101 g/mol. The second-order valence-electron chi connectivity index (χ2n) is 2.33. The van der Waals surface area contributed by atoms with Crippen LogP contribution in [0.15, 0.2) is 0 Å². The van der Waals surface area contributed by atoms with Crippen molar-refractivity contribution in [1.29, 1.82) is 0 Å². The van der Waals surface area contributed by atoms with Crippen LogP contribution >= 0.6 is 0 Å². The van der Waals surface area contributed by atoms with Crippen molar-refractivity contribution in [3.8, 4) is 0 Å². The number of nitrogens with zero attached hydrogens (tertiary/aromatic N) is 1. The van der Waals surface area contributed by atoms with Gasteiger partial charge in [-0.1, -0.05) is 0 Å². The Morgan fingerprint density at radius 1 is 1.57 bits per heavy atom. The van der Waals surface area contributed by atoms with Crippen LogP contribution in [0, 0.1) is 0 Å². The van der Waals surface area contributed by atoms with Gasteiger partial charge in [-0.05, 0) is 20.5 Å². The predicted octanol–water partition coefficient (Wildman–Crippen LogP) is -0.319. The summed E-state index contributed by atoms with van der Waals surface area (Å²) in [7, 11) is 3.97. The Hall–Kier alpha value is -0.0800. The molecule has 2 heteroatoms. The predicted molar refractivity (Wildman–Crippen MR) is 28.1 cm³/mol. The molecule has 1 rings (SSSR count). The van der Waals surface area contributed by atoms with Crippen LogP contribution in [0.4, 0.5) is 0 Å². The molecule has 1 aliphatic rings. The zero-order chi connectivity index (χ0) is 5.44. The van der Waals surface area contributed by atoms with E-state index in [0.717, 1.165) is 6.42 Å². The fourth-order valence-corrected chi connectivity index (χ4v) is 0.724. The highest BCUT2D eigenvalue weighted by molar-refractivity contribution is 4.92. The molecule has 1 N–H and O–H groups in total. The zero-order valence-electron chi connectivity index (χ0n) is 4.76. The zero-order valence-corrected chi connectivity index (χ0v) is 4.76. The van der Waals surface area contributed by atoms with Crippen LogP contribution < -0.4 is 0 Å². The molecule has 1 saturated carbocycles. The van der Waals surface area contributed by atoms with Gasteiger partial charge in [-0.25, -0.2) is 0 Å². The number of aliphatic hydroxyl groups excluding tert-OH is 1. The van der Waals surface area contributed by atoms with Crippen molar-refractivity contribution in [2.45, 2.75) is 18.6 Å². The molecule has 2 atom stereocenters. The first-order valence-electron chi connectivity index (χ1n) is 2.56. The van der Waals surface area contributed by atoms with Gasteiger partial charge in [0.2, 0.25) is 0 Å². The second kappa shape index (κ2) is 1.46. The summed E-state index contributed by atoms with van der Waals surface area (Å²) in [6.45, 7) is 0. The van der Waals surface area contributed by atoms with E-state index in [1.54, 1.807) is 0 Å². The Labute approximate surface area is 43.7 Å². The maximum Gasteiger partial charge on any atom is 0.0712 e. The highest BCUT2D eigenvalue weighted by Gasteiger charge is 2.36. The SMILES string of the molecule is CN(C)[C@H]1C[C@@H]1O. The van der Waals surface area contributed by atoms with Crippen LogP contribution in [-0.4, -0.2) is 36.2 Å². The van der Waals surface area contributed by atoms with Gasteiger partial charge in [-0.3, -0.25) is 0 Å². The number of hydrogen-bond donors (Lipinski definition) is 1. The molecular weight excluding hydrogens is 90.1 g/mol. The van der Waals surface area contributed by atoms with Crippen LogP contribution in [0.2, 0.25) is 0 Å². The fraction of sp³-hybridized carbons (Fsp3) is 1.00. The third kappa shape index (κ3) is 0.924. The summed E-state index contributed by atoms with van der Waals surface area (Å²) in [4.78, 5) is 2.05. The summed E-state index contributed by atoms with van der Waals surface area (Å²) in [6.07, 6.45) is 0.933. The molecule has 7 heavy (non-hydrogen) atoms. The van der Waals surface area contributed by atoms with Crippen LogP contribution in [-0.2, 0) is 0 Å². The van der Waals surface area contributed by atoms with Crippen molar-refractivity contribution in [3.63, 3.8) is 0 Å². The molecule has 0 aromatic rings. The van der Waals surface area contributed by atoms with Crippen molar-refractivity contribution in [2.24, 2.45) is 0 Å². The van der Waals surface area contributed by atoms with E-state index >= 15 is 0 Å². The summed E-state index contributed by atoms with van der Waals surface area (Å²) in [5, 5.41) is 8.76. The Morgan fingerprint density at radius 3 is 2.00 bits per heavy atom. The van der Waals surface area contributed by atoms with Crippen molar-refractivity contribution in [2.75, 3.05) is 14.1 Å². The Morgan fingerprint density at radius 2 is 2.00 bits per heavy atom. The normalized spacial score (nSPS) is 39.4. The van der Waals surface area contributed by atoms with Crippen molar-refractivity contribution in [1.82, 2.24) is 4.90 Å². The van der Waals surface area contributed by atoms with Gasteiger partial charge in [0.1, 0.15) is 0 Å².